The van der Waals surface area contributed by atoms with Crippen molar-refractivity contribution in [3.05, 3.63) is 60.2 Å². The Morgan fingerprint density at radius 3 is 2.52 bits per heavy atom. The maximum atomic E-state index is 5.84. The van der Waals surface area contributed by atoms with E-state index in [0.717, 1.165) is 41.5 Å². The largest absolute Gasteiger partial charge is 0.457 e. The van der Waals surface area contributed by atoms with Gasteiger partial charge in [-0.1, -0.05) is 46.3 Å². The van der Waals surface area contributed by atoms with Crippen LogP contribution in [0, 0.1) is 0 Å². The summed E-state index contributed by atoms with van der Waals surface area (Å²) in [5.41, 5.74) is 1.27. The van der Waals surface area contributed by atoms with Crippen LogP contribution >= 0.6 is 27.7 Å². The fraction of sp³-hybridized carbons (Fsp3) is 0.294. The topological polar surface area (TPSA) is 18.5 Å². The first-order valence-corrected chi connectivity index (χ1v) is 9.19. The van der Waals surface area contributed by atoms with Gasteiger partial charge >= 0.3 is 0 Å². The SMILES string of the molecule is BrCCOCCSCc1cccc(Oc2ccccc2)c1. The van der Waals surface area contributed by atoms with Crippen molar-refractivity contribution in [1.82, 2.24) is 0 Å². The van der Waals surface area contributed by atoms with Gasteiger partial charge in [-0.15, -0.1) is 0 Å². The molecule has 0 aliphatic carbocycles. The zero-order chi connectivity index (χ0) is 14.8. The smallest absolute Gasteiger partial charge is 0.127 e. The third-order valence-corrected chi connectivity index (χ3v) is 4.06. The van der Waals surface area contributed by atoms with Crippen LogP contribution in [0.2, 0.25) is 0 Å². The lowest BCUT2D eigenvalue weighted by molar-refractivity contribution is 0.168. The first-order chi connectivity index (χ1) is 10.4. The molecule has 0 aromatic heterocycles. The van der Waals surface area contributed by atoms with Crippen molar-refractivity contribution in [2.45, 2.75) is 5.75 Å². The van der Waals surface area contributed by atoms with Gasteiger partial charge in [0.1, 0.15) is 11.5 Å². The summed E-state index contributed by atoms with van der Waals surface area (Å²) >= 11 is 5.22. The molecule has 0 saturated heterocycles. The number of ether oxygens (including phenoxy) is 2. The second-order valence-electron chi connectivity index (χ2n) is 4.42. The Hall–Kier alpha value is -0.970. The van der Waals surface area contributed by atoms with Crippen LogP contribution < -0.4 is 4.74 Å². The van der Waals surface area contributed by atoms with Crippen molar-refractivity contribution in [2.24, 2.45) is 0 Å². The molecule has 0 aliphatic rings. The van der Waals surface area contributed by atoms with E-state index in [1.165, 1.54) is 5.56 Å². The van der Waals surface area contributed by atoms with Crippen LogP contribution in [-0.4, -0.2) is 24.3 Å². The molecule has 0 amide bonds. The highest BCUT2D eigenvalue weighted by molar-refractivity contribution is 9.09. The molecule has 2 nitrogen and oxygen atoms in total. The highest BCUT2D eigenvalue weighted by Gasteiger charge is 1.99. The van der Waals surface area contributed by atoms with Gasteiger partial charge in [0.15, 0.2) is 0 Å². The Labute approximate surface area is 139 Å². The van der Waals surface area contributed by atoms with Crippen molar-refractivity contribution in [3.63, 3.8) is 0 Å². The molecule has 0 atom stereocenters. The number of rotatable bonds is 9. The minimum absolute atomic E-state index is 0.779. The minimum Gasteiger partial charge on any atom is -0.457 e. The highest BCUT2D eigenvalue weighted by Crippen LogP contribution is 2.23. The molecule has 0 N–H and O–H groups in total. The van der Waals surface area contributed by atoms with Crippen LogP contribution in [-0.2, 0) is 10.5 Å². The number of hydrogen-bond acceptors (Lipinski definition) is 3. The summed E-state index contributed by atoms with van der Waals surface area (Å²) in [6.45, 7) is 1.58. The summed E-state index contributed by atoms with van der Waals surface area (Å²) in [4.78, 5) is 0. The molecule has 2 rings (SSSR count). The summed E-state index contributed by atoms with van der Waals surface area (Å²) < 4.78 is 11.3. The van der Waals surface area contributed by atoms with E-state index in [1.807, 2.05) is 54.2 Å². The van der Waals surface area contributed by atoms with Gasteiger partial charge in [0.25, 0.3) is 0 Å². The zero-order valence-corrected chi connectivity index (χ0v) is 14.2. The normalized spacial score (nSPS) is 10.5. The molecular formula is C17H19BrO2S. The zero-order valence-electron chi connectivity index (χ0n) is 11.8. The molecule has 4 heteroatoms. The lowest BCUT2D eigenvalue weighted by Crippen LogP contribution is -2.00. The third kappa shape index (κ3) is 6.55. The lowest BCUT2D eigenvalue weighted by atomic mass is 10.2. The second kappa shape index (κ2) is 9.87. The summed E-state index contributed by atoms with van der Waals surface area (Å²) in [6, 6.07) is 18.1. The number of hydrogen-bond donors (Lipinski definition) is 0. The maximum absolute atomic E-state index is 5.84. The van der Waals surface area contributed by atoms with Crippen LogP contribution in [0.15, 0.2) is 54.6 Å². The van der Waals surface area contributed by atoms with E-state index < -0.39 is 0 Å². The van der Waals surface area contributed by atoms with E-state index in [4.69, 9.17) is 9.47 Å². The minimum atomic E-state index is 0.779. The molecule has 0 radical (unpaired) electrons. The molecule has 0 spiro atoms. The standard InChI is InChI=1S/C17H19BrO2S/c18-9-10-19-11-12-21-14-15-5-4-8-17(13-15)20-16-6-2-1-3-7-16/h1-8,13H,9-12,14H2. The molecule has 2 aromatic rings. The highest BCUT2D eigenvalue weighted by atomic mass is 79.9. The molecular weight excluding hydrogens is 348 g/mol. The summed E-state index contributed by atoms with van der Waals surface area (Å²) in [5, 5.41) is 0.899. The molecule has 0 unspecified atom stereocenters. The quantitative estimate of drug-likeness (QED) is 0.453. The van der Waals surface area contributed by atoms with Crippen LogP contribution in [0.1, 0.15) is 5.56 Å². The predicted molar refractivity (Wildman–Crippen MR) is 93.7 cm³/mol. The Balaban J connectivity index is 1.78. The first-order valence-electron chi connectivity index (χ1n) is 6.92. The van der Waals surface area contributed by atoms with E-state index in [9.17, 15) is 0 Å². The summed E-state index contributed by atoms with van der Waals surface area (Å²) in [7, 11) is 0. The first kappa shape index (κ1) is 16.4. The third-order valence-electron chi connectivity index (χ3n) is 2.74. The number of benzene rings is 2. The molecule has 0 fully saturated rings. The Morgan fingerprint density at radius 1 is 0.905 bits per heavy atom. The van der Waals surface area contributed by atoms with Gasteiger partial charge in [-0.25, -0.2) is 0 Å². The van der Waals surface area contributed by atoms with E-state index in [2.05, 4.69) is 28.1 Å². The van der Waals surface area contributed by atoms with Crippen molar-refractivity contribution < 1.29 is 9.47 Å². The van der Waals surface area contributed by atoms with Crippen molar-refractivity contribution in [2.75, 3.05) is 24.3 Å². The summed E-state index contributed by atoms with van der Waals surface area (Å²) in [6.07, 6.45) is 0. The molecule has 2 aromatic carbocycles. The van der Waals surface area contributed by atoms with E-state index >= 15 is 0 Å². The fourth-order valence-electron chi connectivity index (χ4n) is 1.79. The van der Waals surface area contributed by atoms with Crippen molar-refractivity contribution in [3.8, 4) is 11.5 Å². The maximum Gasteiger partial charge on any atom is 0.127 e. The Morgan fingerprint density at radius 2 is 1.71 bits per heavy atom. The monoisotopic (exact) mass is 366 g/mol. The van der Waals surface area contributed by atoms with Crippen LogP contribution in [0.5, 0.6) is 11.5 Å². The van der Waals surface area contributed by atoms with Crippen LogP contribution in [0.25, 0.3) is 0 Å². The van der Waals surface area contributed by atoms with Gasteiger partial charge in [0.2, 0.25) is 0 Å². The van der Waals surface area contributed by atoms with Crippen molar-refractivity contribution >= 4 is 27.7 Å². The predicted octanol–water partition coefficient (Wildman–Crippen LogP) is 5.12. The Kier molecular flexibility index (Phi) is 7.71. The Bertz CT molecular complexity index is 519. The van der Waals surface area contributed by atoms with E-state index in [0.29, 0.717) is 0 Å². The van der Waals surface area contributed by atoms with Gasteiger partial charge in [-0.3, -0.25) is 0 Å². The van der Waals surface area contributed by atoms with Gasteiger partial charge in [-0.05, 0) is 29.8 Å². The molecule has 0 saturated carbocycles. The van der Waals surface area contributed by atoms with Crippen molar-refractivity contribution in [1.29, 1.82) is 0 Å². The van der Waals surface area contributed by atoms with Gasteiger partial charge < -0.3 is 9.47 Å². The summed E-state index contributed by atoms with van der Waals surface area (Å²) in [5.74, 6) is 3.74. The van der Waals surface area contributed by atoms with Gasteiger partial charge in [-0.2, -0.15) is 11.8 Å². The van der Waals surface area contributed by atoms with Crippen LogP contribution in [0.3, 0.4) is 0 Å². The molecule has 21 heavy (non-hydrogen) atoms. The number of alkyl halides is 1. The molecule has 0 heterocycles. The lowest BCUT2D eigenvalue weighted by Gasteiger charge is -2.08. The average molecular weight is 367 g/mol. The number of thioether (sulfide) groups is 1. The molecule has 0 bridgehead atoms. The fourth-order valence-corrected chi connectivity index (χ4v) is 2.81. The van der Waals surface area contributed by atoms with E-state index in [-0.39, 0.29) is 0 Å². The number of para-hydroxylation sites is 1. The van der Waals surface area contributed by atoms with Gasteiger partial charge in [0, 0.05) is 16.8 Å². The van der Waals surface area contributed by atoms with Crippen LogP contribution in [0.4, 0.5) is 0 Å². The van der Waals surface area contributed by atoms with Gasteiger partial charge in [0.05, 0.1) is 13.2 Å². The second-order valence-corrected chi connectivity index (χ2v) is 6.31. The average Bonchev–Trinajstić information content (AvgIpc) is 2.52. The molecule has 0 aliphatic heterocycles. The number of halogens is 1. The molecule has 112 valence electrons. The van der Waals surface area contributed by atoms with E-state index in [1.54, 1.807) is 0 Å².